The summed E-state index contributed by atoms with van der Waals surface area (Å²) in [5.41, 5.74) is 1.07. The highest BCUT2D eigenvalue weighted by atomic mass is 79.9. The molecule has 0 fully saturated rings. The van der Waals surface area contributed by atoms with Crippen LogP contribution in [-0.4, -0.2) is 18.4 Å². The van der Waals surface area contributed by atoms with Crippen LogP contribution >= 0.6 is 27.5 Å². The maximum Gasteiger partial charge on any atom is 0.251 e. The summed E-state index contributed by atoms with van der Waals surface area (Å²) in [6.45, 7) is -0.113. The van der Waals surface area contributed by atoms with Crippen molar-refractivity contribution in [3.63, 3.8) is 0 Å². The molecule has 0 aliphatic rings. The number of nitrogens with one attached hydrogen (secondary N) is 2. The van der Waals surface area contributed by atoms with Gasteiger partial charge in [0.2, 0.25) is 5.91 Å². The fourth-order valence-electron chi connectivity index (χ4n) is 1.66. The number of carbonyl (C=O) groups is 2. The lowest BCUT2D eigenvalue weighted by Gasteiger charge is -2.07. The Labute approximate surface area is 135 Å². The van der Waals surface area contributed by atoms with Gasteiger partial charge in [-0.1, -0.05) is 39.7 Å². The van der Waals surface area contributed by atoms with E-state index in [1.807, 2.05) is 6.07 Å². The molecule has 108 valence electrons. The molecule has 2 N–H and O–H groups in total. The standard InChI is InChI=1S/C15H12BrClN2O2/c16-11-4-1-3-10(7-11)15(21)18-9-14(20)19-13-6-2-5-12(17)8-13/h1-8H,9H2,(H,18,21)(H,19,20). The quantitative estimate of drug-likeness (QED) is 0.869. The van der Waals surface area contributed by atoms with Gasteiger partial charge in [0.05, 0.1) is 6.54 Å². The van der Waals surface area contributed by atoms with Crippen molar-refractivity contribution in [3.8, 4) is 0 Å². The third-order valence-corrected chi connectivity index (χ3v) is 3.33. The predicted molar refractivity (Wildman–Crippen MR) is 86.6 cm³/mol. The van der Waals surface area contributed by atoms with E-state index in [4.69, 9.17) is 11.6 Å². The second-order valence-electron chi connectivity index (χ2n) is 4.25. The van der Waals surface area contributed by atoms with Gasteiger partial charge in [-0.2, -0.15) is 0 Å². The Morgan fingerprint density at radius 1 is 1.10 bits per heavy atom. The van der Waals surface area contributed by atoms with Crippen molar-refractivity contribution in [2.45, 2.75) is 0 Å². The summed E-state index contributed by atoms with van der Waals surface area (Å²) in [6, 6.07) is 13.7. The summed E-state index contributed by atoms with van der Waals surface area (Å²) in [5.74, 6) is -0.627. The van der Waals surface area contributed by atoms with Gasteiger partial charge in [0.15, 0.2) is 0 Å². The van der Waals surface area contributed by atoms with E-state index in [2.05, 4.69) is 26.6 Å². The second kappa shape index (κ2) is 7.24. The number of hydrogen-bond acceptors (Lipinski definition) is 2. The molecule has 2 aromatic carbocycles. The maximum atomic E-state index is 11.9. The number of halogens is 2. The van der Waals surface area contributed by atoms with Crippen molar-refractivity contribution in [2.24, 2.45) is 0 Å². The molecule has 0 aromatic heterocycles. The topological polar surface area (TPSA) is 58.2 Å². The molecule has 0 spiro atoms. The summed E-state index contributed by atoms with van der Waals surface area (Å²) in [4.78, 5) is 23.6. The Bertz CT molecular complexity index is 676. The molecule has 0 atom stereocenters. The van der Waals surface area contributed by atoms with Gasteiger partial charge in [-0.3, -0.25) is 9.59 Å². The van der Waals surface area contributed by atoms with Gasteiger partial charge < -0.3 is 10.6 Å². The number of anilines is 1. The molecule has 21 heavy (non-hydrogen) atoms. The third-order valence-electron chi connectivity index (χ3n) is 2.60. The van der Waals surface area contributed by atoms with Gasteiger partial charge in [-0.15, -0.1) is 0 Å². The first kappa shape index (κ1) is 15.5. The molecule has 0 saturated carbocycles. The number of carbonyl (C=O) groups excluding carboxylic acids is 2. The number of benzene rings is 2. The fraction of sp³-hybridized carbons (Fsp3) is 0.0667. The zero-order chi connectivity index (χ0) is 15.2. The molecule has 0 aliphatic carbocycles. The Kier molecular flexibility index (Phi) is 5.36. The van der Waals surface area contributed by atoms with Crippen LogP contribution in [0.1, 0.15) is 10.4 Å². The minimum absolute atomic E-state index is 0.113. The molecule has 0 unspecified atom stereocenters. The zero-order valence-electron chi connectivity index (χ0n) is 10.9. The molecule has 0 aliphatic heterocycles. The molecule has 0 bridgehead atoms. The molecule has 0 heterocycles. The van der Waals surface area contributed by atoms with E-state index < -0.39 is 0 Å². The molecular weight excluding hydrogens is 356 g/mol. The molecule has 2 rings (SSSR count). The van der Waals surface area contributed by atoms with Crippen LogP contribution < -0.4 is 10.6 Å². The lowest BCUT2D eigenvalue weighted by Crippen LogP contribution is -2.32. The van der Waals surface area contributed by atoms with Gasteiger partial charge in [-0.05, 0) is 36.4 Å². The molecule has 4 nitrogen and oxygen atoms in total. The van der Waals surface area contributed by atoms with E-state index in [9.17, 15) is 9.59 Å². The SMILES string of the molecule is O=C(CNC(=O)c1cccc(Br)c1)Nc1cccc(Cl)c1. The Hall–Kier alpha value is -1.85. The lowest BCUT2D eigenvalue weighted by atomic mass is 10.2. The molecule has 2 amide bonds. The Balaban J connectivity index is 1.88. The van der Waals surface area contributed by atoms with Crippen LogP contribution in [-0.2, 0) is 4.79 Å². The second-order valence-corrected chi connectivity index (χ2v) is 5.60. The molecule has 2 aromatic rings. The van der Waals surface area contributed by atoms with Crippen molar-refractivity contribution in [1.82, 2.24) is 5.32 Å². The summed E-state index contributed by atoms with van der Waals surface area (Å²) >= 11 is 9.11. The van der Waals surface area contributed by atoms with Crippen LogP contribution in [0.2, 0.25) is 5.02 Å². The van der Waals surface area contributed by atoms with Crippen LogP contribution in [0.15, 0.2) is 53.0 Å². The summed E-state index contributed by atoms with van der Waals surface area (Å²) in [5, 5.41) is 5.74. The number of hydrogen-bond donors (Lipinski definition) is 2. The van der Waals surface area contributed by atoms with Crippen LogP contribution in [0.5, 0.6) is 0 Å². The molecular formula is C15H12BrClN2O2. The number of rotatable bonds is 4. The smallest absolute Gasteiger partial charge is 0.251 e. The van der Waals surface area contributed by atoms with Gasteiger partial charge in [0, 0.05) is 20.7 Å². The van der Waals surface area contributed by atoms with E-state index in [-0.39, 0.29) is 18.4 Å². The van der Waals surface area contributed by atoms with E-state index >= 15 is 0 Å². The van der Waals surface area contributed by atoms with E-state index in [1.54, 1.807) is 42.5 Å². The normalized spacial score (nSPS) is 10.0. The highest BCUT2D eigenvalue weighted by Gasteiger charge is 2.08. The third kappa shape index (κ3) is 4.88. The molecule has 6 heteroatoms. The first-order valence-corrected chi connectivity index (χ1v) is 7.31. The minimum Gasteiger partial charge on any atom is -0.343 e. The van der Waals surface area contributed by atoms with E-state index in [0.717, 1.165) is 4.47 Å². The largest absolute Gasteiger partial charge is 0.343 e. The average Bonchev–Trinajstić information content (AvgIpc) is 2.45. The van der Waals surface area contributed by atoms with Crippen LogP contribution in [0, 0.1) is 0 Å². The summed E-state index contributed by atoms with van der Waals surface area (Å²) in [7, 11) is 0. The van der Waals surface area contributed by atoms with Crippen molar-refractivity contribution in [3.05, 3.63) is 63.6 Å². The highest BCUT2D eigenvalue weighted by molar-refractivity contribution is 9.10. The van der Waals surface area contributed by atoms with Crippen LogP contribution in [0.3, 0.4) is 0 Å². The van der Waals surface area contributed by atoms with Gasteiger partial charge in [-0.25, -0.2) is 0 Å². The summed E-state index contributed by atoms with van der Waals surface area (Å²) < 4.78 is 0.804. The van der Waals surface area contributed by atoms with Crippen molar-refractivity contribution in [2.75, 3.05) is 11.9 Å². The van der Waals surface area contributed by atoms with E-state index in [0.29, 0.717) is 16.3 Å². The van der Waals surface area contributed by atoms with Gasteiger partial charge >= 0.3 is 0 Å². The fourth-order valence-corrected chi connectivity index (χ4v) is 2.25. The Morgan fingerprint density at radius 2 is 1.86 bits per heavy atom. The van der Waals surface area contributed by atoms with Crippen molar-refractivity contribution >= 4 is 45.0 Å². The molecule has 0 saturated heterocycles. The van der Waals surface area contributed by atoms with Crippen LogP contribution in [0.4, 0.5) is 5.69 Å². The van der Waals surface area contributed by atoms with Crippen molar-refractivity contribution < 1.29 is 9.59 Å². The minimum atomic E-state index is -0.319. The molecule has 0 radical (unpaired) electrons. The Morgan fingerprint density at radius 3 is 2.57 bits per heavy atom. The average molecular weight is 368 g/mol. The van der Waals surface area contributed by atoms with Gasteiger partial charge in [0.1, 0.15) is 0 Å². The van der Waals surface area contributed by atoms with E-state index in [1.165, 1.54) is 0 Å². The zero-order valence-corrected chi connectivity index (χ0v) is 13.2. The predicted octanol–water partition coefficient (Wildman–Crippen LogP) is 3.47. The van der Waals surface area contributed by atoms with Crippen molar-refractivity contribution in [1.29, 1.82) is 0 Å². The maximum absolute atomic E-state index is 11.9. The first-order valence-electron chi connectivity index (χ1n) is 6.14. The summed E-state index contributed by atoms with van der Waals surface area (Å²) in [6.07, 6.45) is 0. The van der Waals surface area contributed by atoms with Crippen LogP contribution in [0.25, 0.3) is 0 Å². The highest BCUT2D eigenvalue weighted by Crippen LogP contribution is 2.14. The first-order chi connectivity index (χ1) is 10.0. The lowest BCUT2D eigenvalue weighted by molar-refractivity contribution is -0.115. The number of amides is 2. The monoisotopic (exact) mass is 366 g/mol. The van der Waals surface area contributed by atoms with Gasteiger partial charge in [0.25, 0.3) is 5.91 Å².